The fourth-order valence-corrected chi connectivity index (χ4v) is 4.57. The predicted molar refractivity (Wildman–Crippen MR) is 109 cm³/mol. The second-order valence-electron chi connectivity index (χ2n) is 7.44. The largest absolute Gasteiger partial charge is 0.497 e. The molecule has 144 valence electrons. The lowest BCUT2D eigenvalue weighted by molar-refractivity contribution is -0.137. The van der Waals surface area contributed by atoms with Crippen molar-refractivity contribution in [1.29, 1.82) is 0 Å². The van der Waals surface area contributed by atoms with Gasteiger partial charge in [0.15, 0.2) is 0 Å². The SMILES string of the molecule is COc1cccc(C2CN(Cc3ccccc3)C(=O)C23CCCNC3)c1.Cl. The number of carbonyl (C=O) groups excluding carboxylic acids is 1. The van der Waals surface area contributed by atoms with Gasteiger partial charge in [-0.25, -0.2) is 0 Å². The van der Waals surface area contributed by atoms with Gasteiger partial charge in [-0.1, -0.05) is 42.5 Å². The number of nitrogens with zero attached hydrogens (tertiary/aromatic N) is 1. The molecule has 0 bridgehead atoms. The molecule has 27 heavy (non-hydrogen) atoms. The Morgan fingerprint density at radius 3 is 2.70 bits per heavy atom. The van der Waals surface area contributed by atoms with E-state index in [-0.39, 0.29) is 23.7 Å². The number of carbonyl (C=O) groups is 1. The number of amides is 1. The smallest absolute Gasteiger partial charge is 0.231 e. The fraction of sp³-hybridized carbons (Fsp3) is 0.409. The summed E-state index contributed by atoms with van der Waals surface area (Å²) < 4.78 is 5.43. The summed E-state index contributed by atoms with van der Waals surface area (Å²) in [6.45, 7) is 3.21. The molecule has 1 spiro atoms. The Morgan fingerprint density at radius 2 is 2.00 bits per heavy atom. The first-order chi connectivity index (χ1) is 12.7. The van der Waals surface area contributed by atoms with E-state index in [0.29, 0.717) is 12.5 Å². The first-order valence-electron chi connectivity index (χ1n) is 9.41. The molecule has 1 N–H and O–H groups in total. The number of ether oxygens (including phenoxy) is 1. The minimum absolute atomic E-state index is 0. The van der Waals surface area contributed by atoms with Crippen molar-refractivity contribution in [1.82, 2.24) is 10.2 Å². The first kappa shape index (κ1) is 19.7. The summed E-state index contributed by atoms with van der Waals surface area (Å²) in [6, 6.07) is 18.5. The minimum Gasteiger partial charge on any atom is -0.497 e. The second-order valence-corrected chi connectivity index (χ2v) is 7.44. The Labute approximate surface area is 167 Å². The molecule has 0 radical (unpaired) electrons. The third-order valence-electron chi connectivity index (χ3n) is 5.91. The Kier molecular flexibility index (Phi) is 6.08. The van der Waals surface area contributed by atoms with E-state index in [9.17, 15) is 4.79 Å². The Hall–Kier alpha value is -2.04. The topological polar surface area (TPSA) is 41.6 Å². The summed E-state index contributed by atoms with van der Waals surface area (Å²) in [5.74, 6) is 1.35. The second kappa shape index (κ2) is 8.32. The number of likely N-dealkylation sites (tertiary alicyclic amines) is 1. The first-order valence-corrected chi connectivity index (χ1v) is 9.41. The van der Waals surface area contributed by atoms with Crippen molar-refractivity contribution >= 4 is 18.3 Å². The molecule has 0 aliphatic carbocycles. The van der Waals surface area contributed by atoms with Crippen LogP contribution >= 0.6 is 12.4 Å². The summed E-state index contributed by atoms with van der Waals surface area (Å²) in [7, 11) is 1.69. The Bertz CT molecular complexity index is 775. The molecule has 1 amide bonds. The molecular weight excluding hydrogens is 360 g/mol. The summed E-state index contributed by atoms with van der Waals surface area (Å²) in [6.07, 6.45) is 2.00. The normalized spacial score (nSPS) is 24.7. The highest BCUT2D eigenvalue weighted by atomic mass is 35.5. The van der Waals surface area contributed by atoms with E-state index in [2.05, 4.69) is 29.6 Å². The van der Waals surface area contributed by atoms with Gasteiger partial charge in [-0.2, -0.15) is 0 Å². The van der Waals surface area contributed by atoms with Crippen molar-refractivity contribution in [2.75, 3.05) is 26.7 Å². The third kappa shape index (κ3) is 3.69. The highest BCUT2D eigenvalue weighted by Crippen LogP contribution is 2.48. The maximum Gasteiger partial charge on any atom is 0.231 e. The molecule has 2 unspecified atom stereocenters. The van der Waals surface area contributed by atoms with E-state index in [1.165, 1.54) is 11.1 Å². The van der Waals surface area contributed by atoms with Gasteiger partial charge in [0, 0.05) is 25.6 Å². The van der Waals surface area contributed by atoms with Crippen LogP contribution in [0.4, 0.5) is 0 Å². The van der Waals surface area contributed by atoms with Crippen molar-refractivity contribution < 1.29 is 9.53 Å². The van der Waals surface area contributed by atoms with Crippen LogP contribution in [0, 0.1) is 5.41 Å². The van der Waals surface area contributed by atoms with Gasteiger partial charge in [0.25, 0.3) is 0 Å². The molecule has 4 rings (SSSR count). The molecule has 2 aliphatic rings. The number of nitrogens with one attached hydrogen (secondary N) is 1. The van der Waals surface area contributed by atoms with E-state index < -0.39 is 0 Å². The molecule has 2 aliphatic heterocycles. The van der Waals surface area contributed by atoms with Gasteiger partial charge in [-0.05, 0) is 42.6 Å². The molecule has 5 heteroatoms. The molecule has 2 saturated heterocycles. The minimum atomic E-state index is -0.334. The van der Waals surface area contributed by atoms with E-state index in [4.69, 9.17) is 4.74 Å². The standard InChI is InChI=1S/C22H26N2O2.ClH/c1-26-19-10-5-9-18(13-19)20-15-24(14-17-7-3-2-4-8-17)21(25)22(20)11-6-12-23-16-22;/h2-5,7-10,13,20,23H,6,11-12,14-16H2,1H3;1H. The Balaban J connectivity index is 0.00000210. The van der Waals surface area contributed by atoms with Crippen LogP contribution in [0.3, 0.4) is 0 Å². The van der Waals surface area contributed by atoms with Gasteiger partial charge in [0.05, 0.1) is 12.5 Å². The van der Waals surface area contributed by atoms with E-state index in [1.807, 2.05) is 35.2 Å². The highest BCUT2D eigenvalue weighted by Gasteiger charge is 2.54. The zero-order valence-electron chi connectivity index (χ0n) is 15.7. The summed E-state index contributed by atoms with van der Waals surface area (Å²) in [4.78, 5) is 15.5. The van der Waals surface area contributed by atoms with Crippen LogP contribution < -0.4 is 10.1 Å². The van der Waals surface area contributed by atoms with Gasteiger partial charge in [-0.3, -0.25) is 4.79 Å². The Morgan fingerprint density at radius 1 is 1.19 bits per heavy atom. The maximum atomic E-state index is 13.5. The predicted octanol–water partition coefficient (Wildman–Crippen LogP) is 3.61. The molecule has 2 fully saturated rings. The number of hydrogen-bond donors (Lipinski definition) is 1. The molecule has 2 atom stereocenters. The van der Waals surface area contributed by atoms with Crippen molar-refractivity contribution in [3.8, 4) is 5.75 Å². The molecular formula is C22H27ClN2O2. The fourth-order valence-electron chi connectivity index (χ4n) is 4.57. The molecule has 4 nitrogen and oxygen atoms in total. The number of rotatable bonds is 4. The van der Waals surface area contributed by atoms with E-state index in [0.717, 1.165) is 38.2 Å². The van der Waals surface area contributed by atoms with Crippen molar-refractivity contribution in [3.63, 3.8) is 0 Å². The van der Waals surface area contributed by atoms with Crippen molar-refractivity contribution in [3.05, 3.63) is 65.7 Å². The van der Waals surface area contributed by atoms with Crippen LogP contribution in [0.15, 0.2) is 54.6 Å². The summed E-state index contributed by atoms with van der Waals surface area (Å²) >= 11 is 0. The lowest BCUT2D eigenvalue weighted by atomic mass is 9.69. The highest BCUT2D eigenvalue weighted by molar-refractivity contribution is 5.87. The van der Waals surface area contributed by atoms with E-state index in [1.54, 1.807) is 7.11 Å². The van der Waals surface area contributed by atoms with Gasteiger partial charge >= 0.3 is 0 Å². The molecule has 2 heterocycles. The van der Waals surface area contributed by atoms with Crippen LogP contribution in [0.5, 0.6) is 5.75 Å². The van der Waals surface area contributed by atoms with Crippen LogP contribution in [0.2, 0.25) is 0 Å². The summed E-state index contributed by atoms with van der Waals surface area (Å²) in [5, 5.41) is 3.48. The average Bonchev–Trinajstić information content (AvgIpc) is 2.95. The third-order valence-corrected chi connectivity index (χ3v) is 5.91. The lowest BCUT2D eigenvalue weighted by Gasteiger charge is -2.37. The zero-order chi connectivity index (χ0) is 18.0. The van der Waals surface area contributed by atoms with Gasteiger partial charge in [0.2, 0.25) is 5.91 Å². The van der Waals surface area contributed by atoms with Gasteiger partial charge in [0.1, 0.15) is 5.75 Å². The number of methoxy groups -OCH3 is 1. The average molecular weight is 387 g/mol. The number of halogens is 1. The molecule has 0 saturated carbocycles. The van der Waals surface area contributed by atoms with Crippen LogP contribution in [0.25, 0.3) is 0 Å². The number of benzene rings is 2. The van der Waals surface area contributed by atoms with Gasteiger partial charge < -0.3 is 15.0 Å². The van der Waals surface area contributed by atoms with Crippen LogP contribution in [0.1, 0.15) is 29.9 Å². The molecule has 2 aromatic carbocycles. The quantitative estimate of drug-likeness (QED) is 0.872. The monoisotopic (exact) mass is 386 g/mol. The number of piperidine rings is 1. The van der Waals surface area contributed by atoms with Crippen molar-refractivity contribution in [2.45, 2.75) is 25.3 Å². The summed E-state index contributed by atoms with van der Waals surface area (Å²) in [5.41, 5.74) is 2.06. The molecule has 2 aromatic rings. The van der Waals surface area contributed by atoms with Crippen molar-refractivity contribution in [2.24, 2.45) is 5.41 Å². The van der Waals surface area contributed by atoms with Crippen LogP contribution in [-0.2, 0) is 11.3 Å². The van der Waals surface area contributed by atoms with Crippen LogP contribution in [-0.4, -0.2) is 37.6 Å². The van der Waals surface area contributed by atoms with E-state index >= 15 is 0 Å². The number of hydrogen-bond acceptors (Lipinski definition) is 3. The molecule has 0 aromatic heterocycles. The lowest BCUT2D eigenvalue weighted by Crippen LogP contribution is -2.47. The van der Waals surface area contributed by atoms with Gasteiger partial charge in [-0.15, -0.1) is 12.4 Å². The maximum absolute atomic E-state index is 13.5. The zero-order valence-corrected chi connectivity index (χ0v) is 16.5.